The lowest BCUT2D eigenvalue weighted by Crippen LogP contribution is -2.43. The van der Waals surface area contributed by atoms with Gasteiger partial charge >= 0.3 is 0 Å². The smallest absolute Gasteiger partial charge is 0.266 e. The van der Waals surface area contributed by atoms with Crippen molar-refractivity contribution in [2.75, 3.05) is 37.7 Å². The molecule has 32 heavy (non-hydrogen) atoms. The molecular weight excluding hydrogens is 406 g/mol. The number of aryl methyl sites for hydroxylation is 1. The molecule has 1 aliphatic heterocycles. The standard InChI is InChI=1S/C23H25N7O2/c1-28-16-17(15-26-28)20-4-5-23(31)30(27-20)12-13-32-22-6-7-25-21-14-18(2-3-19(21)22)29-10-8-24-9-11-29/h2-7,14-16,24H,8-13H2,1H3. The third-order valence-electron chi connectivity index (χ3n) is 5.60. The number of aromatic nitrogens is 5. The predicted octanol–water partition coefficient (Wildman–Crippen LogP) is 1.68. The summed E-state index contributed by atoms with van der Waals surface area (Å²) in [6.45, 7) is 4.62. The maximum atomic E-state index is 12.3. The van der Waals surface area contributed by atoms with Gasteiger partial charge in [0.15, 0.2) is 0 Å². The lowest BCUT2D eigenvalue weighted by atomic mass is 10.1. The molecule has 5 rings (SSSR count). The van der Waals surface area contributed by atoms with Crippen LogP contribution < -0.4 is 20.5 Å². The lowest BCUT2D eigenvalue weighted by Gasteiger charge is -2.29. The molecule has 1 N–H and O–H groups in total. The highest BCUT2D eigenvalue weighted by Crippen LogP contribution is 2.28. The molecule has 0 atom stereocenters. The quantitative estimate of drug-likeness (QED) is 0.497. The summed E-state index contributed by atoms with van der Waals surface area (Å²) in [6.07, 6.45) is 5.35. The Morgan fingerprint density at radius 2 is 2.00 bits per heavy atom. The molecule has 4 heterocycles. The zero-order chi connectivity index (χ0) is 21.9. The molecule has 0 spiro atoms. The number of hydrogen-bond acceptors (Lipinski definition) is 7. The first-order valence-corrected chi connectivity index (χ1v) is 10.7. The highest BCUT2D eigenvalue weighted by Gasteiger charge is 2.12. The van der Waals surface area contributed by atoms with Gasteiger partial charge in [0.05, 0.1) is 24.0 Å². The number of pyridine rings is 1. The van der Waals surface area contributed by atoms with Crippen LogP contribution in [0.1, 0.15) is 0 Å². The van der Waals surface area contributed by atoms with E-state index in [1.54, 1.807) is 23.1 Å². The maximum absolute atomic E-state index is 12.3. The van der Waals surface area contributed by atoms with Crippen LogP contribution in [0, 0.1) is 0 Å². The first kappa shape index (κ1) is 20.2. The van der Waals surface area contributed by atoms with Gasteiger partial charge in [-0.1, -0.05) is 0 Å². The van der Waals surface area contributed by atoms with Gasteiger partial charge in [0.25, 0.3) is 5.56 Å². The maximum Gasteiger partial charge on any atom is 0.266 e. The fourth-order valence-electron chi connectivity index (χ4n) is 3.91. The minimum absolute atomic E-state index is 0.165. The van der Waals surface area contributed by atoms with Crippen LogP contribution in [0.2, 0.25) is 0 Å². The molecule has 164 valence electrons. The zero-order valence-electron chi connectivity index (χ0n) is 17.9. The van der Waals surface area contributed by atoms with Crippen molar-refractivity contribution in [2.45, 2.75) is 6.54 Å². The summed E-state index contributed by atoms with van der Waals surface area (Å²) in [5.74, 6) is 0.748. The van der Waals surface area contributed by atoms with E-state index in [0.29, 0.717) is 18.8 Å². The van der Waals surface area contributed by atoms with Crippen LogP contribution in [0.3, 0.4) is 0 Å². The van der Waals surface area contributed by atoms with Gasteiger partial charge in [0.1, 0.15) is 12.4 Å². The van der Waals surface area contributed by atoms with E-state index in [-0.39, 0.29) is 5.56 Å². The highest BCUT2D eigenvalue weighted by atomic mass is 16.5. The molecule has 9 heteroatoms. The first-order chi connectivity index (χ1) is 15.7. The van der Waals surface area contributed by atoms with E-state index in [1.165, 1.54) is 16.4 Å². The Morgan fingerprint density at radius 1 is 1.12 bits per heavy atom. The van der Waals surface area contributed by atoms with E-state index in [4.69, 9.17) is 4.74 Å². The monoisotopic (exact) mass is 431 g/mol. The second kappa shape index (κ2) is 8.80. The van der Waals surface area contributed by atoms with Crippen molar-refractivity contribution in [3.05, 3.63) is 65.3 Å². The number of piperazine rings is 1. The molecule has 1 aliphatic rings. The highest BCUT2D eigenvalue weighted by molar-refractivity contribution is 5.87. The fraction of sp³-hybridized carbons (Fsp3) is 0.304. The molecule has 0 aliphatic carbocycles. The second-order valence-corrected chi connectivity index (χ2v) is 7.78. The Labute approximate surface area is 185 Å². The van der Waals surface area contributed by atoms with Crippen LogP contribution in [-0.4, -0.2) is 57.3 Å². The van der Waals surface area contributed by atoms with Gasteiger partial charge in [-0.05, 0) is 30.3 Å². The Balaban J connectivity index is 1.31. The number of nitrogens with one attached hydrogen (secondary N) is 1. The molecule has 0 radical (unpaired) electrons. The Hall–Kier alpha value is -3.72. The number of rotatable bonds is 6. The van der Waals surface area contributed by atoms with E-state index in [2.05, 4.69) is 43.6 Å². The predicted molar refractivity (Wildman–Crippen MR) is 123 cm³/mol. The molecule has 0 saturated carbocycles. The second-order valence-electron chi connectivity index (χ2n) is 7.78. The van der Waals surface area contributed by atoms with Crippen LogP contribution in [-0.2, 0) is 13.6 Å². The van der Waals surface area contributed by atoms with Crippen molar-refractivity contribution < 1.29 is 4.74 Å². The van der Waals surface area contributed by atoms with E-state index in [1.807, 2.05) is 19.3 Å². The Morgan fingerprint density at radius 3 is 2.81 bits per heavy atom. The minimum Gasteiger partial charge on any atom is -0.491 e. The van der Waals surface area contributed by atoms with Crippen molar-refractivity contribution >= 4 is 16.6 Å². The summed E-state index contributed by atoms with van der Waals surface area (Å²) in [7, 11) is 1.85. The van der Waals surface area contributed by atoms with E-state index >= 15 is 0 Å². The third kappa shape index (κ3) is 4.19. The number of fused-ring (bicyclic) bond motifs is 1. The Bertz CT molecular complexity index is 1290. The molecule has 0 unspecified atom stereocenters. The van der Waals surface area contributed by atoms with Crippen molar-refractivity contribution in [3.63, 3.8) is 0 Å². The number of anilines is 1. The molecule has 1 fully saturated rings. The average Bonchev–Trinajstić information content (AvgIpc) is 3.27. The first-order valence-electron chi connectivity index (χ1n) is 10.7. The zero-order valence-corrected chi connectivity index (χ0v) is 17.9. The average molecular weight is 432 g/mol. The van der Waals surface area contributed by atoms with Crippen LogP contribution in [0.4, 0.5) is 5.69 Å². The summed E-state index contributed by atoms with van der Waals surface area (Å²) in [5.41, 5.74) is 3.47. The van der Waals surface area contributed by atoms with Crippen LogP contribution in [0.25, 0.3) is 22.2 Å². The normalized spacial score (nSPS) is 14.1. The minimum atomic E-state index is -0.165. The van der Waals surface area contributed by atoms with Crippen molar-refractivity contribution in [2.24, 2.45) is 7.05 Å². The molecular formula is C23H25N7O2. The summed E-state index contributed by atoms with van der Waals surface area (Å²) >= 11 is 0. The van der Waals surface area contributed by atoms with Gasteiger partial charge in [-0.2, -0.15) is 10.2 Å². The topological polar surface area (TPSA) is 90.1 Å². The number of benzene rings is 1. The number of ether oxygens (including phenoxy) is 1. The van der Waals surface area contributed by atoms with Crippen molar-refractivity contribution in [1.82, 2.24) is 29.9 Å². The number of hydrogen-bond donors (Lipinski definition) is 1. The number of nitrogens with zero attached hydrogens (tertiary/aromatic N) is 6. The van der Waals surface area contributed by atoms with Gasteiger partial charge in [0.2, 0.25) is 0 Å². The molecule has 1 saturated heterocycles. The third-order valence-corrected chi connectivity index (χ3v) is 5.60. The molecule has 0 amide bonds. The molecule has 0 bridgehead atoms. The molecule has 9 nitrogen and oxygen atoms in total. The van der Waals surface area contributed by atoms with Crippen LogP contribution >= 0.6 is 0 Å². The van der Waals surface area contributed by atoms with Gasteiger partial charge in [-0.3, -0.25) is 14.5 Å². The van der Waals surface area contributed by atoms with Gasteiger partial charge in [-0.25, -0.2) is 4.68 Å². The van der Waals surface area contributed by atoms with Crippen LogP contribution in [0.15, 0.2) is 59.8 Å². The Kier molecular flexibility index (Phi) is 5.55. The van der Waals surface area contributed by atoms with Crippen LogP contribution in [0.5, 0.6) is 5.75 Å². The summed E-state index contributed by atoms with van der Waals surface area (Å²) in [4.78, 5) is 19.1. The largest absolute Gasteiger partial charge is 0.491 e. The molecule has 1 aromatic carbocycles. The van der Waals surface area contributed by atoms with Crippen molar-refractivity contribution in [3.8, 4) is 17.0 Å². The van der Waals surface area contributed by atoms with E-state index in [9.17, 15) is 4.79 Å². The lowest BCUT2D eigenvalue weighted by molar-refractivity contribution is 0.291. The van der Waals surface area contributed by atoms with Gasteiger partial charge in [0, 0.05) is 68.3 Å². The summed E-state index contributed by atoms with van der Waals surface area (Å²) in [6, 6.07) is 11.4. The van der Waals surface area contributed by atoms with Gasteiger partial charge < -0.3 is 15.0 Å². The van der Waals surface area contributed by atoms with Crippen molar-refractivity contribution in [1.29, 1.82) is 0 Å². The summed E-state index contributed by atoms with van der Waals surface area (Å²) < 4.78 is 9.16. The fourth-order valence-corrected chi connectivity index (χ4v) is 3.91. The van der Waals surface area contributed by atoms with E-state index in [0.717, 1.165) is 48.4 Å². The molecule has 3 aromatic heterocycles. The SMILES string of the molecule is Cn1cc(-c2ccc(=O)n(CCOc3ccnc4cc(N5CCNCC5)ccc34)n2)cn1. The molecule has 4 aromatic rings. The van der Waals surface area contributed by atoms with Gasteiger partial charge in [-0.15, -0.1) is 0 Å². The van der Waals surface area contributed by atoms with E-state index < -0.39 is 0 Å². The summed E-state index contributed by atoms with van der Waals surface area (Å²) in [5, 5.41) is 13.0.